The lowest BCUT2D eigenvalue weighted by Crippen LogP contribution is -2.32. The standard InChI is InChI=1S/C13H22N4O/c1-10-11(9-16-17-10)4-2-7-15-13(18)8-12-5-3-6-14-12/h9,12,14H,2-8H2,1H3,(H,15,18)(H,16,17). The van der Waals surface area contributed by atoms with Crippen LogP contribution in [0.4, 0.5) is 0 Å². The van der Waals surface area contributed by atoms with Gasteiger partial charge >= 0.3 is 0 Å². The molecule has 1 aromatic heterocycles. The van der Waals surface area contributed by atoms with Crippen LogP contribution in [-0.4, -0.2) is 35.2 Å². The molecule has 2 heterocycles. The highest BCUT2D eigenvalue weighted by atomic mass is 16.1. The Balaban J connectivity index is 1.57. The van der Waals surface area contributed by atoms with Crippen molar-refractivity contribution in [3.8, 4) is 0 Å². The maximum atomic E-state index is 11.7. The van der Waals surface area contributed by atoms with Crippen LogP contribution in [0.1, 0.15) is 36.9 Å². The number of aromatic amines is 1. The van der Waals surface area contributed by atoms with Crippen molar-refractivity contribution in [2.24, 2.45) is 0 Å². The molecule has 0 spiro atoms. The summed E-state index contributed by atoms with van der Waals surface area (Å²) in [6.07, 6.45) is 6.72. The Morgan fingerprint density at radius 1 is 1.61 bits per heavy atom. The van der Waals surface area contributed by atoms with Crippen LogP contribution >= 0.6 is 0 Å². The van der Waals surface area contributed by atoms with Gasteiger partial charge in [0.25, 0.3) is 0 Å². The first-order valence-corrected chi connectivity index (χ1v) is 6.74. The summed E-state index contributed by atoms with van der Waals surface area (Å²) < 4.78 is 0. The van der Waals surface area contributed by atoms with Gasteiger partial charge in [-0.15, -0.1) is 0 Å². The third-order valence-electron chi connectivity index (χ3n) is 3.47. The number of carbonyl (C=O) groups excluding carboxylic acids is 1. The van der Waals surface area contributed by atoms with E-state index < -0.39 is 0 Å². The summed E-state index contributed by atoms with van der Waals surface area (Å²) in [6.45, 7) is 3.82. The van der Waals surface area contributed by atoms with Crippen LogP contribution in [0, 0.1) is 6.92 Å². The van der Waals surface area contributed by atoms with Crippen LogP contribution in [0.15, 0.2) is 6.20 Å². The molecule has 0 aromatic carbocycles. The summed E-state index contributed by atoms with van der Waals surface area (Å²) in [5.41, 5.74) is 2.36. The van der Waals surface area contributed by atoms with Gasteiger partial charge in [0, 0.05) is 24.7 Å². The molecule has 1 fully saturated rings. The van der Waals surface area contributed by atoms with Crippen molar-refractivity contribution in [2.45, 2.75) is 45.1 Å². The van der Waals surface area contributed by atoms with Gasteiger partial charge < -0.3 is 10.6 Å². The van der Waals surface area contributed by atoms with E-state index in [-0.39, 0.29) is 5.91 Å². The van der Waals surface area contributed by atoms with Crippen molar-refractivity contribution in [2.75, 3.05) is 13.1 Å². The fourth-order valence-corrected chi connectivity index (χ4v) is 2.36. The van der Waals surface area contributed by atoms with E-state index in [0.717, 1.165) is 38.0 Å². The third kappa shape index (κ3) is 3.84. The first kappa shape index (κ1) is 13.1. The number of H-pyrrole nitrogens is 1. The highest BCUT2D eigenvalue weighted by Gasteiger charge is 2.17. The van der Waals surface area contributed by atoms with Gasteiger partial charge in [-0.05, 0) is 44.7 Å². The average Bonchev–Trinajstić information content (AvgIpc) is 2.97. The molecule has 0 bridgehead atoms. The SMILES string of the molecule is Cc1[nH]ncc1CCCNC(=O)CC1CCCN1. The van der Waals surface area contributed by atoms with Crippen LogP contribution in [0.3, 0.4) is 0 Å². The zero-order valence-electron chi connectivity index (χ0n) is 11.0. The van der Waals surface area contributed by atoms with Gasteiger partial charge in [0.05, 0.1) is 6.20 Å². The molecule has 5 heteroatoms. The highest BCUT2D eigenvalue weighted by Crippen LogP contribution is 2.08. The molecule has 18 heavy (non-hydrogen) atoms. The second kappa shape index (κ2) is 6.54. The Labute approximate surface area is 108 Å². The van der Waals surface area contributed by atoms with Gasteiger partial charge in [-0.3, -0.25) is 9.89 Å². The fraction of sp³-hybridized carbons (Fsp3) is 0.692. The van der Waals surface area contributed by atoms with Crippen LogP contribution in [0.5, 0.6) is 0 Å². The summed E-state index contributed by atoms with van der Waals surface area (Å²) in [7, 11) is 0. The number of rotatable bonds is 6. The second-order valence-corrected chi connectivity index (χ2v) is 4.97. The molecule has 0 saturated carbocycles. The lowest BCUT2D eigenvalue weighted by atomic mass is 10.1. The second-order valence-electron chi connectivity index (χ2n) is 4.97. The molecule has 1 saturated heterocycles. The molecular weight excluding hydrogens is 228 g/mol. The lowest BCUT2D eigenvalue weighted by Gasteiger charge is -2.10. The smallest absolute Gasteiger partial charge is 0.221 e. The molecule has 1 aliphatic rings. The third-order valence-corrected chi connectivity index (χ3v) is 3.47. The Morgan fingerprint density at radius 2 is 2.50 bits per heavy atom. The van der Waals surface area contributed by atoms with Crippen molar-refractivity contribution in [1.82, 2.24) is 20.8 Å². The number of nitrogens with zero attached hydrogens (tertiary/aromatic N) is 1. The number of carbonyl (C=O) groups is 1. The van der Waals surface area contributed by atoms with E-state index in [0.29, 0.717) is 12.5 Å². The predicted octanol–water partition coefficient (Wildman–Crippen LogP) is 0.909. The Morgan fingerprint density at radius 3 is 3.17 bits per heavy atom. The van der Waals surface area contributed by atoms with E-state index in [1.54, 1.807) is 0 Å². The molecule has 1 unspecified atom stereocenters. The van der Waals surface area contributed by atoms with E-state index >= 15 is 0 Å². The Kier molecular flexibility index (Phi) is 4.75. The van der Waals surface area contributed by atoms with Crippen LogP contribution < -0.4 is 10.6 Å². The maximum absolute atomic E-state index is 11.7. The summed E-state index contributed by atoms with van der Waals surface area (Å²) in [4.78, 5) is 11.7. The van der Waals surface area contributed by atoms with Crippen molar-refractivity contribution in [3.05, 3.63) is 17.5 Å². The van der Waals surface area contributed by atoms with Gasteiger partial charge in [-0.1, -0.05) is 0 Å². The number of aromatic nitrogens is 2. The summed E-state index contributed by atoms with van der Waals surface area (Å²) >= 11 is 0. The first-order valence-electron chi connectivity index (χ1n) is 6.74. The van der Waals surface area contributed by atoms with Crippen molar-refractivity contribution in [3.63, 3.8) is 0 Å². The van der Waals surface area contributed by atoms with E-state index in [9.17, 15) is 4.79 Å². The van der Waals surface area contributed by atoms with Crippen molar-refractivity contribution < 1.29 is 4.79 Å². The molecule has 0 radical (unpaired) electrons. The Bertz CT molecular complexity index is 382. The molecule has 1 aliphatic heterocycles. The number of nitrogens with one attached hydrogen (secondary N) is 3. The fourth-order valence-electron chi connectivity index (χ4n) is 2.36. The molecule has 100 valence electrons. The summed E-state index contributed by atoms with van der Waals surface area (Å²) in [5.74, 6) is 0.165. The number of aryl methyl sites for hydroxylation is 2. The minimum Gasteiger partial charge on any atom is -0.356 e. The monoisotopic (exact) mass is 250 g/mol. The van der Waals surface area contributed by atoms with E-state index in [1.807, 2.05) is 13.1 Å². The molecular formula is C13H22N4O. The molecule has 0 aliphatic carbocycles. The zero-order valence-corrected chi connectivity index (χ0v) is 11.0. The van der Waals surface area contributed by atoms with Gasteiger partial charge in [0.15, 0.2) is 0 Å². The van der Waals surface area contributed by atoms with E-state index in [1.165, 1.54) is 12.0 Å². The van der Waals surface area contributed by atoms with Gasteiger partial charge in [-0.25, -0.2) is 0 Å². The molecule has 1 aromatic rings. The minimum atomic E-state index is 0.165. The van der Waals surface area contributed by atoms with Crippen LogP contribution in [-0.2, 0) is 11.2 Å². The molecule has 1 atom stereocenters. The highest BCUT2D eigenvalue weighted by molar-refractivity contribution is 5.76. The van der Waals surface area contributed by atoms with Crippen LogP contribution in [0.2, 0.25) is 0 Å². The average molecular weight is 250 g/mol. The van der Waals surface area contributed by atoms with Crippen LogP contribution in [0.25, 0.3) is 0 Å². The Hall–Kier alpha value is -1.36. The minimum absolute atomic E-state index is 0.165. The van der Waals surface area contributed by atoms with Gasteiger partial charge in [0.1, 0.15) is 0 Å². The lowest BCUT2D eigenvalue weighted by molar-refractivity contribution is -0.121. The largest absolute Gasteiger partial charge is 0.356 e. The molecule has 5 nitrogen and oxygen atoms in total. The topological polar surface area (TPSA) is 69.8 Å². The summed E-state index contributed by atoms with van der Waals surface area (Å²) in [6, 6.07) is 0.390. The molecule has 3 N–H and O–H groups in total. The first-order chi connectivity index (χ1) is 8.75. The molecule has 1 amide bonds. The van der Waals surface area contributed by atoms with E-state index in [4.69, 9.17) is 0 Å². The quantitative estimate of drug-likeness (QED) is 0.657. The maximum Gasteiger partial charge on any atom is 0.221 e. The summed E-state index contributed by atoms with van der Waals surface area (Å²) in [5, 5.41) is 13.2. The normalized spacial score (nSPS) is 19.1. The van der Waals surface area contributed by atoms with Gasteiger partial charge in [0.2, 0.25) is 5.91 Å². The number of amides is 1. The van der Waals surface area contributed by atoms with Crippen molar-refractivity contribution in [1.29, 1.82) is 0 Å². The van der Waals surface area contributed by atoms with Crippen molar-refractivity contribution >= 4 is 5.91 Å². The molecule has 2 rings (SSSR count). The van der Waals surface area contributed by atoms with Gasteiger partial charge in [-0.2, -0.15) is 5.10 Å². The zero-order chi connectivity index (χ0) is 12.8. The number of hydrogen-bond donors (Lipinski definition) is 3. The number of hydrogen-bond acceptors (Lipinski definition) is 3. The van der Waals surface area contributed by atoms with E-state index in [2.05, 4.69) is 20.8 Å². The predicted molar refractivity (Wildman–Crippen MR) is 70.3 cm³/mol.